The molecule has 0 radical (unpaired) electrons. The number of hydrogen-bond donors (Lipinski definition) is 1. The Morgan fingerprint density at radius 3 is 2.61 bits per heavy atom. The second-order valence-electron chi connectivity index (χ2n) is 6.88. The number of hydrazine groups is 1. The Labute approximate surface area is 200 Å². The zero-order valence-electron chi connectivity index (χ0n) is 17.6. The topological polar surface area (TPSA) is 80.8 Å². The van der Waals surface area contributed by atoms with E-state index in [2.05, 4.69) is 10.4 Å². The van der Waals surface area contributed by atoms with Gasteiger partial charge < -0.3 is 9.47 Å². The largest absolute Gasteiger partial charge is 0.493 e. The third kappa shape index (κ3) is 5.39. The van der Waals surface area contributed by atoms with Crippen molar-refractivity contribution in [3.8, 4) is 11.5 Å². The minimum absolute atomic E-state index is 0.250. The number of ether oxygens (including phenoxy) is 2. The number of thioether (sulfide) groups is 1. The predicted octanol–water partition coefficient (Wildman–Crippen LogP) is 4.22. The lowest BCUT2D eigenvalue weighted by molar-refractivity contribution is -0.123. The number of carbonyl (C=O) groups is 2. The first-order valence-corrected chi connectivity index (χ1v) is 11.1. The molecule has 0 atom stereocenters. The summed E-state index contributed by atoms with van der Waals surface area (Å²) in [4.78, 5) is 29.6. The molecule has 2 amide bonds. The van der Waals surface area contributed by atoms with Crippen LogP contribution in [0, 0.1) is 0 Å². The van der Waals surface area contributed by atoms with Crippen LogP contribution in [0.25, 0.3) is 6.08 Å². The average Bonchev–Trinajstić information content (AvgIpc) is 3.11. The summed E-state index contributed by atoms with van der Waals surface area (Å²) in [5.41, 5.74) is 4.72. The van der Waals surface area contributed by atoms with Crippen LogP contribution in [-0.4, -0.2) is 33.2 Å². The Kier molecular flexibility index (Phi) is 7.01. The van der Waals surface area contributed by atoms with E-state index in [0.717, 1.165) is 27.9 Å². The Bertz CT molecular complexity index is 1220. The zero-order valence-corrected chi connectivity index (χ0v) is 19.2. The standard InChI is InChI=1S/C24H19N3O4S2/c1-30-20-13-17(7-8-19(20)31-15-16-9-11-25-12-10-16)14-21-23(29)27(24(32)33-21)26-22(28)18-5-3-2-4-6-18/h2-14H,15H2,1H3,(H,26,28). The summed E-state index contributed by atoms with van der Waals surface area (Å²) in [5, 5.41) is 1.09. The molecule has 0 bridgehead atoms. The minimum Gasteiger partial charge on any atom is -0.493 e. The molecule has 3 aromatic rings. The summed E-state index contributed by atoms with van der Waals surface area (Å²) in [6.07, 6.45) is 5.11. The van der Waals surface area contributed by atoms with Crippen molar-refractivity contribution >= 4 is 46.2 Å². The molecule has 1 aromatic heterocycles. The number of amides is 2. The van der Waals surface area contributed by atoms with Gasteiger partial charge in [-0.15, -0.1) is 0 Å². The number of nitrogens with one attached hydrogen (secondary N) is 1. The molecule has 7 nitrogen and oxygen atoms in total. The van der Waals surface area contributed by atoms with E-state index in [9.17, 15) is 9.59 Å². The van der Waals surface area contributed by atoms with Crippen LogP contribution in [-0.2, 0) is 11.4 Å². The number of carbonyl (C=O) groups excluding carboxylic acids is 2. The number of thiocarbonyl (C=S) groups is 1. The van der Waals surface area contributed by atoms with Crippen LogP contribution in [0.5, 0.6) is 11.5 Å². The molecule has 2 aromatic carbocycles. The number of methoxy groups -OCH3 is 1. The molecule has 0 spiro atoms. The van der Waals surface area contributed by atoms with Gasteiger partial charge in [0.05, 0.1) is 12.0 Å². The van der Waals surface area contributed by atoms with Gasteiger partial charge in [-0.2, -0.15) is 5.01 Å². The molecule has 0 aliphatic carbocycles. The molecule has 0 unspecified atom stereocenters. The van der Waals surface area contributed by atoms with E-state index in [-0.39, 0.29) is 4.32 Å². The second-order valence-corrected chi connectivity index (χ2v) is 8.55. The van der Waals surface area contributed by atoms with Crippen molar-refractivity contribution in [2.45, 2.75) is 6.61 Å². The number of benzene rings is 2. The highest BCUT2D eigenvalue weighted by Gasteiger charge is 2.33. The number of hydrogen-bond acceptors (Lipinski definition) is 7. The number of aromatic nitrogens is 1. The van der Waals surface area contributed by atoms with Crippen LogP contribution >= 0.6 is 24.0 Å². The normalized spacial score (nSPS) is 14.5. The van der Waals surface area contributed by atoms with Crippen molar-refractivity contribution in [3.63, 3.8) is 0 Å². The van der Waals surface area contributed by atoms with Crippen LogP contribution < -0.4 is 14.9 Å². The maximum Gasteiger partial charge on any atom is 0.285 e. The molecule has 1 saturated heterocycles. The lowest BCUT2D eigenvalue weighted by atomic mass is 10.2. The molecule has 9 heteroatoms. The molecular formula is C24H19N3O4S2. The first kappa shape index (κ1) is 22.5. The van der Waals surface area contributed by atoms with Crippen molar-refractivity contribution in [1.82, 2.24) is 15.4 Å². The molecule has 4 rings (SSSR count). The summed E-state index contributed by atoms with van der Waals surface area (Å²) < 4.78 is 11.6. The van der Waals surface area contributed by atoms with Crippen LogP contribution in [0.15, 0.2) is 78.0 Å². The highest BCUT2D eigenvalue weighted by atomic mass is 32.2. The van der Waals surface area contributed by atoms with Crippen molar-refractivity contribution in [1.29, 1.82) is 0 Å². The summed E-state index contributed by atoms with van der Waals surface area (Å²) in [6.45, 7) is 0.373. The van der Waals surface area contributed by atoms with Crippen molar-refractivity contribution < 1.29 is 19.1 Å². The van der Waals surface area contributed by atoms with Crippen molar-refractivity contribution in [2.75, 3.05) is 7.11 Å². The Balaban J connectivity index is 1.47. The zero-order chi connectivity index (χ0) is 23.2. The summed E-state index contributed by atoms with van der Waals surface area (Å²) in [5.74, 6) is 0.302. The van der Waals surface area contributed by atoms with E-state index in [0.29, 0.717) is 28.6 Å². The highest BCUT2D eigenvalue weighted by Crippen LogP contribution is 2.34. The highest BCUT2D eigenvalue weighted by molar-refractivity contribution is 8.26. The molecule has 1 aliphatic heterocycles. The maximum atomic E-state index is 12.8. The fraction of sp³-hybridized carbons (Fsp3) is 0.0833. The third-order valence-corrected chi connectivity index (χ3v) is 5.97. The molecule has 166 valence electrons. The lowest BCUT2D eigenvalue weighted by Gasteiger charge is -2.15. The van der Waals surface area contributed by atoms with Gasteiger partial charge in [0.2, 0.25) is 0 Å². The Morgan fingerprint density at radius 1 is 1.12 bits per heavy atom. The first-order chi connectivity index (χ1) is 16.0. The summed E-state index contributed by atoms with van der Waals surface area (Å²) >= 11 is 6.41. The van der Waals surface area contributed by atoms with Gasteiger partial charge in [0.25, 0.3) is 11.8 Å². The number of rotatable bonds is 7. The van der Waals surface area contributed by atoms with E-state index < -0.39 is 11.8 Å². The van der Waals surface area contributed by atoms with Crippen LogP contribution in [0.3, 0.4) is 0 Å². The van der Waals surface area contributed by atoms with Gasteiger partial charge >= 0.3 is 0 Å². The molecular weight excluding hydrogens is 458 g/mol. The molecule has 2 heterocycles. The van der Waals surface area contributed by atoms with Gasteiger partial charge in [-0.05, 0) is 65.8 Å². The lowest BCUT2D eigenvalue weighted by Crippen LogP contribution is -2.44. The summed E-state index contributed by atoms with van der Waals surface area (Å²) in [7, 11) is 1.55. The van der Waals surface area contributed by atoms with Crippen LogP contribution in [0.1, 0.15) is 21.5 Å². The monoisotopic (exact) mass is 477 g/mol. The smallest absolute Gasteiger partial charge is 0.285 e. The summed E-state index contributed by atoms with van der Waals surface area (Å²) in [6, 6.07) is 17.7. The molecule has 1 fully saturated rings. The van der Waals surface area contributed by atoms with Crippen LogP contribution in [0.2, 0.25) is 0 Å². The SMILES string of the molecule is COc1cc(C=C2SC(=S)N(NC(=O)c3ccccc3)C2=O)ccc1OCc1ccncc1. The molecule has 1 N–H and O–H groups in total. The average molecular weight is 478 g/mol. The minimum atomic E-state index is -0.412. The maximum absolute atomic E-state index is 12.8. The quantitative estimate of drug-likeness (QED) is 0.403. The van der Waals surface area contributed by atoms with E-state index in [1.807, 2.05) is 24.3 Å². The van der Waals surface area contributed by atoms with Gasteiger partial charge in [-0.1, -0.05) is 36.0 Å². The first-order valence-electron chi connectivity index (χ1n) is 9.89. The van der Waals surface area contributed by atoms with E-state index in [1.165, 1.54) is 0 Å². The van der Waals surface area contributed by atoms with Gasteiger partial charge in [0, 0.05) is 18.0 Å². The Morgan fingerprint density at radius 2 is 1.88 bits per heavy atom. The molecule has 33 heavy (non-hydrogen) atoms. The van der Waals surface area contributed by atoms with E-state index in [1.54, 1.807) is 62.0 Å². The molecule has 0 saturated carbocycles. The van der Waals surface area contributed by atoms with Crippen LogP contribution in [0.4, 0.5) is 0 Å². The number of pyridine rings is 1. The third-order valence-electron chi connectivity index (χ3n) is 4.67. The molecule has 1 aliphatic rings. The second kappa shape index (κ2) is 10.3. The predicted molar refractivity (Wildman–Crippen MR) is 130 cm³/mol. The van der Waals surface area contributed by atoms with Gasteiger partial charge in [-0.3, -0.25) is 20.0 Å². The Hall–Kier alpha value is -3.69. The van der Waals surface area contributed by atoms with Gasteiger partial charge in [0.1, 0.15) is 6.61 Å². The number of nitrogens with zero attached hydrogens (tertiary/aromatic N) is 2. The van der Waals surface area contributed by atoms with Gasteiger partial charge in [0.15, 0.2) is 15.8 Å². The van der Waals surface area contributed by atoms with Crippen molar-refractivity contribution in [2.24, 2.45) is 0 Å². The van der Waals surface area contributed by atoms with Gasteiger partial charge in [-0.25, -0.2) is 0 Å². The fourth-order valence-electron chi connectivity index (χ4n) is 3.00. The fourth-order valence-corrected chi connectivity index (χ4v) is 4.18. The van der Waals surface area contributed by atoms with E-state index in [4.69, 9.17) is 21.7 Å². The van der Waals surface area contributed by atoms with E-state index >= 15 is 0 Å². The van der Waals surface area contributed by atoms with Crippen molar-refractivity contribution in [3.05, 3.63) is 94.7 Å².